The summed E-state index contributed by atoms with van der Waals surface area (Å²) in [7, 11) is 3.28. The van der Waals surface area contributed by atoms with Crippen LogP contribution in [0.5, 0.6) is 0 Å². The number of fused-ring (bicyclic) bond motifs is 1. The predicted octanol–water partition coefficient (Wildman–Crippen LogP) is 0.491. The number of para-hydroxylation sites is 2. The summed E-state index contributed by atoms with van der Waals surface area (Å²) in [4.78, 5) is 24.1. The first-order valence-corrected chi connectivity index (χ1v) is 6.47. The number of hydrogen-bond donors (Lipinski definition) is 1. The van der Waals surface area contributed by atoms with Crippen LogP contribution in [0.1, 0.15) is 6.92 Å². The first-order chi connectivity index (χ1) is 9.54. The molecule has 1 amide bonds. The van der Waals surface area contributed by atoms with E-state index in [1.807, 2.05) is 31.2 Å². The third kappa shape index (κ3) is 2.75. The molecule has 2 aromatic rings. The minimum atomic E-state index is -0.201. The molecule has 0 aliphatic carbocycles. The zero-order valence-electron chi connectivity index (χ0n) is 11.9. The lowest BCUT2D eigenvalue weighted by atomic mass is 10.3. The van der Waals surface area contributed by atoms with Crippen molar-refractivity contribution in [2.24, 2.45) is 7.05 Å². The molecule has 20 heavy (non-hydrogen) atoms. The van der Waals surface area contributed by atoms with E-state index in [-0.39, 0.29) is 24.2 Å². The zero-order chi connectivity index (χ0) is 14.7. The van der Waals surface area contributed by atoms with Crippen LogP contribution >= 0.6 is 0 Å². The van der Waals surface area contributed by atoms with Gasteiger partial charge < -0.3 is 10.1 Å². The summed E-state index contributed by atoms with van der Waals surface area (Å²) in [5.74, 6) is -0.201. The maximum absolute atomic E-state index is 12.2. The summed E-state index contributed by atoms with van der Waals surface area (Å²) >= 11 is 0. The number of amides is 1. The molecule has 1 unspecified atom stereocenters. The van der Waals surface area contributed by atoms with Gasteiger partial charge in [0.15, 0.2) is 0 Å². The van der Waals surface area contributed by atoms with E-state index in [4.69, 9.17) is 4.74 Å². The molecule has 1 aromatic heterocycles. The lowest BCUT2D eigenvalue weighted by Gasteiger charge is -2.12. The number of carbonyl (C=O) groups excluding carboxylic acids is 1. The molecule has 6 heteroatoms. The second-order valence-corrected chi connectivity index (χ2v) is 4.84. The first kappa shape index (κ1) is 14.3. The number of benzene rings is 1. The van der Waals surface area contributed by atoms with Gasteiger partial charge in [-0.2, -0.15) is 0 Å². The van der Waals surface area contributed by atoms with Crippen LogP contribution in [0, 0.1) is 0 Å². The monoisotopic (exact) mass is 277 g/mol. The molecular weight excluding hydrogens is 258 g/mol. The molecule has 1 N–H and O–H groups in total. The van der Waals surface area contributed by atoms with E-state index < -0.39 is 0 Å². The van der Waals surface area contributed by atoms with Gasteiger partial charge in [0.1, 0.15) is 6.54 Å². The number of nitrogens with zero attached hydrogens (tertiary/aromatic N) is 2. The SMILES string of the molecule is COCC(C)NC(=O)Cn1c(=O)n(C)c2ccccc21. The van der Waals surface area contributed by atoms with Crippen LogP contribution < -0.4 is 11.0 Å². The zero-order valence-corrected chi connectivity index (χ0v) is 11.9. The minimum Gasteiger partial charge on any atom is -0.383 e. The van der Waals surface area contributed by atoms with Crippen LogP contribution in [0.15, 0.2) is 29.1 Å². The molecule has 0 saturated carbocycles. The molecule has 1 heterocycles. The number of aromatic nitrogens is 2. The fraction of sp³-hybridized carbons (Fsp3) is 0.429. The summed E-state index contributed by atoms with van der Waals surface area (Å²) in [6, 6.07) is 7.33. The highest BCUT2D eigenvalue weighted by atomic mass is 16.5. The largest absolute Gasteiger partial charge is 0.383 e. The predicted molar refractivity (Wildman–Crippen MR) is 76.7 cm³/mol. The lowest BCUT2D eigenvalue weighted by molar-refractivity contribution is -0.122. The van der Waals surface area contributed by atoms with Crippen molar-refractivity contribution in [2.75, 3.05) is 13.7 Å². The summed E-state index contributed by atoms with van der Waals surface area (Å²) < 4.78 is 7.98. The van der Waals surface area contributed by atoms with E-state index >= 15 is 0 Å². The highest BCUT2D eigenvalue weighted by molar-refractivity contribution is 5.81. The molecule has 0 saturated heterocycles. The van der Waals surface area contributed by atoms with Crippen molar-refractivity contribution in [1.29, 1.82) is 0 Å². The van der Waals surface area contributed by atoms with Crippen molar-refractivity contribution < 1.29 is 9.53 Å². The normalized spacial score (nSPS) is 12.6. The number of ether oxygens (including phenoxy) is 1. The third-order valence-corrected chi connectivity index (χ3v) is 3.18. The Morgan fingerprint density at radius 2 is 2.00 bits per heavy atom. The summed E-state index contributed by atoms with van der Waals surface area (Å²) in [5, 5.41) is 2.80. The van der Waals surface area contributed by atoms with E-state index in [9.17, 15) is 9.59 Å². The molecule has 2 rings (SSSR count). The van der Waals surface area contributed by atoms with Gasteiger partial charge in [0.2, 0.25) is 5.91 Å². The molecule has 0 bridgehead atoms. The van der Waals surface area contributed by atoms with E-state index in [1.165, 1.54) is 4.57 Å². The minimum absolute atomic E-state index is 0.00818. The standard InChI is InChI=1S/C14H19N3O3/c1-10(9-20-3)15-13(18)8-17-12-7-5-4-6-11(12)16(2)14(17)19/h4-7,10H,8-9H2,1-3H3,(H,15,18). The maximum Gasteiger partial charge on any atom is 0.329 e. The smallest absolute Gasteiger partial charge is 0.329 e. The van der Waals surface area contributed by atoms with Gasteiger partial charge in [-0.05, 0) is 19.1 Å². The number of carbonyl (C=O) groups is 1. The van der Waals surface area contributed by atoms with Gasteiger partial charge in [-0.3, -0.25) is 13.9 Å². The molecule has 1 aromatic carbocycles. The van der Waals surface area contributed by atoms with Crippen LogP contribution in [0.25, 0.3) is 11.0 Å². The quantitative estimate of drug-likeness (QED) is 0.865. The molecule has 1 atom stereocenters. The maximum atomic E-state index is 12.2. The molecule has 108 valence electrons. The van der Waals surface area contributed by atoms with Crippen molar-refractivity contribution >= 4 is 16.9 Å². The van der Waals surface area contributed by atoms with Crippen molar-refractivity contribution in [2.45, 2.75) is 19.5 Å². The van der Waals surface area contributed by atoms with E-state index in [0.29, 0.717) is 6.61 Å². The Hall–Kier alpha value is -2.08. The van der Waals surface area contributed by atoms with Crippen molar-refractivity contribution in [3.05, 3.63) is 34.7 Å². The van der Waals surface area contributed by atoms with Gasteiger partial charge in [-0.15, -0.1) is 0 Å². The Kier molecular flexibility index (Phi) is 4.24. The number of hydrogen-bond acceptors (Lipinski definition) is 3. The van der Waals surface area contributed by atoms with Crippen LogP contribution in [0.2, 0.25) is 0 Å². The number of aryl methyl sites for hydroxylation is 1. The van der Waals surface area contributed by atoms with Crippen LogP contribution in [-0.4, -0.2) is 34.8 Å². The third-order valence-electron chi connectivity index (χ3n) is 3.18. The highest BCUT2D eigenvalue weighted by Crippen LogP contribution is 2.11. The number of imidazole rings is 1. The van der Waals surface area contributed by atoms with Gasteiger partial charge in [0.05, 0.1) is 17.6 Å². The first-order valence-electron chi connectivity index (χ1n) is 6.47. The molecule has 0 aliphatic heterocycles. The summed E-state index contributed by atoms with van der Waals surface area (Å²) in [6.07, 6.45) is 0. The topological polar surface area (TPSA) is 65.3 Å². The Morgan fingerprint density at radius 3 is 2.65 bits per heavy atom. The second kappa shape index (κ2) is 5.92. The molecule has 0 radical (unpaired) electrons. The van der Waals surface area contributed by atoms with Crippen LogP contribution in [0.4, 0.5) is 0 Å². The molecule has 0 aliphatic rings. The average molecular weight is 277 g/mol. The second-order valence-electron chi connectivity index (χ2n) is 4.84. The molecule has 0 fully saturated rings. The van der Waals surface area contributed by atoms with Crippen LogP contribution in [0.3, 0.4) is 0 Å². The summed E-state index contributed by atoms with van der Waals surface area (Å²) in [6.45, 7) is 2.30. The average Bonchev–Trinajstić information content (AvgIpc) is 2.65. The van der Waals surface area contributed by atoms with E-state index in [1.54, 1.807) is 18.7 Å². The fourth-order valence-electron chi connectivity index (χ4n) is 2.27. The van der Waals surface area contributed by atoms with E-state index in [0.717, 1.165) is 11.0 Å². The van der Waals surface area contributed by atoms with Crippen LogP contribution in [-0.2, 0) is 23.1 Å². The number of nitrogens with one attached hydrogen (secondary N) is 1. The Labute approximate surface area is 117 Å². The molecule has 0 spiro atoms. The summed E-state index contributed by atoms with van der Waals surface area (Å²) in [5.41, 5.74) is 1.38. The van der Waals surface area contributed by atoms with Gasteiger partial charge in [0, 0.05) is 20.2 Å². The Morgan fingerprint density at radius 1 is 1.35 bits per heavy atom. The van der Waals surface area contributed by atoms with Gasteiger partial charge in [-0.25, -0.2) is 4.79 Å². The van der Waals surface area contributed by atoms with Crippen molar-refractivity contribution in [3.63, 3.8) is 0 Å². The Bertz CT molecular complexity index is 672. The number of rotatable bonds is 5. The highest BCUT2D eigenvalue weighted by Gasteiger charge is 2.14. The lowest BCUT2D eigenvalue weighted by Crippen LogP contribution is -2.39. The molecule has 6 nitrogen and oxygen atoms in total. The Balaban J connectivity index is 2.24. The van der Waals surface area contributed by atoms with E-state index in [2.05, 4.69) is 5.32 Å². The molecular formula is C14H19N3O3. The van der Waals surface area contributed by atoms with Crippen molar-refractivity contribution in [3.8, 4) is 0 Å². The number of methoxy groups -OCH3 is 1. The van der Waals surface area contributed by atoms with Gasteiger partial charge >= 0.3 is 5.69 Å². The van der Waals surface area contributed by atoms with Gasteiger partial charge in [-0.1, -0.05) is 12.1 Å². The fourth-order valence-corrected chi connectivity index (χ4v) is 2.27. The van der Waals surface area contributed by atoms with Crippen molar-refractivity contribution in [1.82, 2.24) is 14.5 Å². The van der Waals surface area contributed by atoms with Gasteiger partial charge in [0.25, 0.3) is 0 Å².